The minimum absolute atomic E-state index is 0.247. The van der Waals surface area contributed by atoms with Gasteiger partial charge in [0, 0.05) is 30.4 Å². The molecular formula is C12H25NOS. The molecule has 1 aliphatic rings. The molecule has 1 fully saturated rings. The Morgan fingerprint density at radius 1 is 1.27 bits per heavy atom. The minimum Gasteiger partial charge on any atom is -0.396 e. The highest BCUT2D eigenvalue weighted by Gasteiger charge is 2.41. The van der Waals surface area contributed by atoms with E-state index < -0.39 is 0 Å². The highest BCUT2D eigenvalue weighted by molar-refractivity contribution is 7.99. The van der Waals surface area contributed by atoms with Crippen LogP contribution in [-0.2, 0) is 0 Å². The fourth-order valence-electron chi connectivity index (χ4n) is 1.50. The fraction of sp³-hybridized carbons (Fsp3) is 1.00. The molecule has 2 N–H and O–H groups in total. The summed E-state index contributed by atoms with van der Waals surface area (Å²) in [5.41, 5.74) is 0.247. The standard InChI is InChI=1S/C12H25NOS/c1-10(2)6-15-7-11(3)13-8-12(9-14)4-5-12/h10-11,13-14H,4-9H2,1-3H3. The summed E-state index contributed by atoms with van der Waals surface area (Å²) in [6.07, 6.45) is 2.39. The van der Waals surface area contributed by atoms with Crippen LogP contribution in [0.5, 0.6) is 0 Å². The van der Waals surface area contributed by atoms with Crippen LogP contribution in [0.1, 0.15) is 33.6 Å². The van der Waals surface area contributed by atoms with Gasteiger partial charge in [-0.05, 0) is 31.4 Å². The largest absolute Gasteiger partial charge is 0.396 e. The molecule has 0 heterocycles. The van der Waals surface area contributed by atoms with Gasteiger partial charge in [-0.2, -0.15) is 11.8 Å². The Kier molecular flexibility index (Phi) is 5.44. The molecule has 0 spiro atoms. The molecule has 15 heavy (non-hydrogen) atoms. The Balaban J connectivity index is 2.01. The second-order valence-corrected chi connectivity index (χ2v) is 6.45. The maximum atomic E-state index is 9.17. The number of aliphatic hydroxyl groups excluding tert-OH is 1. The van der Waals surface area contributed by atoms with Gasteiger partial charge in [-0.1, -0.05) is 13.8 Å². The molecule has 0 saturated heterocycles. The molecule has 90 valence electrons. The van der Waals surface area contributed by atoms with E-state index in [4.69, 9.17) is 0 Å². The monoisotopic (exact) mass is 231 g/mol. The molecule has 0 amide bonds. The lowest BCUT2D eigenvalue weighted by atomic mass is 10.1. The van der Waals surface area contributed by atoms with Crippen LogP contribution < -0.4 is 5.32 Å². The van der Waals surface area contributed by atoms with Gasteiger partial charge in [-0.15, -0.1) is 0 Å². The molecule has 0 aromatic rings. The van der Waals surface area contributed by atoms with E-state index in [1.165, 1.54) is 24.3 Å². The predicted octanol–water partition coefficient (Wildman–Crippen LogP) is 2.13. The lowest BCUT2D eigenvalue weighted by Gasteiger charge is -2.18. The van der Waals surface area contributed by atoms with Crippen molar-refractivity contribution in [1.29, 1.82) is 0 Å². The molecule has 0 aromatic carbocycles. The fourth-order valence-corrected chi connectivity index (χ4v) is 2.58. The zero-order chi connectivity index (χ0) is 11.3. The number of thioether (sulfide) groups is 1. The lowest BCUT2D eigenvalue weighted by Crippen LogP contribution is -2.35. The summed E-state index contributed by atoms with van der Waals surface area (Å²) in [7, 11) is 0. The van der Waals surface area contributed by atoms with E-state index in [9.17, 15) is 5.11 Å². The Labute approximate surface area is 98.2 Å². The van der Waals surface area contributed by atoms with Gasteiger partial charge in [0.25, 0.3) is 0 Å². The first-order valence-corrected chi connectivity index (χ1v) is 7.15. The van der Waals surface area contributed by atoms with Crippen molar-refractivity contribution >= 4 is 11.8 Å². The van der Waals surface area contributed by atoms with Gasteiger partial charge in [0.05, 0.1) is 0 Å². The predicted molar refractivity (Wildman–Crippen MR) is 68.4 cm³/mol. The molecular weight excluding hydrogens is 206 g/mol. The quantitative estimate of drug-likeness (QED) is 0.671. The van der Waals surface area contributed by atoms with Crippen molar-refractivity contribution < 1.29 is 5.11 Å². The Bertz CT molecular complexity index is 180. The topological polar surface area (TPSA) is 32.3 Å². The summed E-state index contributed by atoms with van der Waals surface area (Å²) >= 11 is 2.02. The maximum absolute atomic E-state index is 9.17. The van der Waals surface area contributed by atoms with Crippen LogP contribution in [-0.4, -0.2) is 35.8 Å². The average molecular weight is 231 g/mol. The van der Waals surface area contributed by atoms with Crippen molar-refractivity contribution in [1.82, 2.24) is 5.32 Å². The second kappa shape index (κ2) is 6.12. The van der Waals surface area contributed by atoms with Crippen LogP contribution in [0.15, 0.2) is 0 Å². The van der Waals surface area contributed by atoms with E-state index in [1.54, 1.807) is 0 Å². The first kappa shape index (κ1) is 13.3. The highest BCUT2D eigenvalue weighted by atomic mass is 32.2. The zero-order valence-corrected chi connectivity index (χ0v) is 11.1. The molecule has 1 unspecified atom stereocenters. The van der Waals surface area contributed by atoms with Gasteiger partial charge in [0.1, 0.15) is 0 Å². The van der Waals surface area contributed by atoms with Crippen molar-refractivity contribution in [2.45, 2.75) is 39.7 Å². The second-order valence-electron chi connectivity index (χ2n) is 5.37. The molecule has 0 radical (unpaired) electrons. The summed E-state index contributed by atoms with van der Waals surface area (Å²) in [6, 6.07) is 0.567. The normalized spacial score (nSPS) is 20.6. The molecule has 1 rings (SSSR count). The number of hydrogen-bond acceptors (Lipinski definition) is 3. The third-order valence-corrected chi connectivity index (χ3v) is 4.58. The Morgan fingerprint density at radius 3 is 2.40 bits per heavy atom. The van der Waals surface area contributed by atoms with Crippen molar-refractivity contribution in [3.05, 3.63) is 0 Å². The number of aliphatic hydroxyl groups is 1. The summed E-state index contributed by atoms with van der Waals surface area (Å²) in [4.78, 5) is 0. The lowest BCUT2D eigenvalue weighted by molar-refractivity contribution is 0.205. The number of rotatable bonds is 8. The van der Waals surface area contributed by atoms with Crippen LogP contribution in [0.25, 0.3) is 0 Å². The Morgan fingerprint density at radius 2 is 1.93 bits per heavy atom. The zero-order valence-electron chi connectivity index (χ0n) is 10.3. The SMILES string of the molecule is CC(C)CSCC(C)NCC1(CO)CC1. The van der Waals surface area contributed by atoms with Gasteiger partial charge < -0.3 is 10.4 Å². The van der Waals surface area contributed by atoms with Gasteiger partial charge in [-0.25, -0.2) is 0 Å². The summed E-state index contributed by atoms with van der Waals surface area (Å²) in [5, 5.41) is 12.7. The summed E-state index contributed by atoms with van der Waals surface area (Å²) in [5.74, 6) is 3.21. The average Bonchev–Trinajstić information content (AvgIpc) is 2.95. The molecule has 0 bridgehead atoms. The third-order valence-electron chi connectivity index (χ3n) is 2.94. The smallest absolute Gasteiger partial charge is 0.0499 e. The third kappa shape index (κ3) is 5.23. The Hall–Kier alpha value is 0.270. The van der Waals surface area contributed by atoms with E-state index >= 15 is 0 Å². The molecule has 0 aromatic heterocycles. The van der Waals surface area contributed by atoms with Crippen LogP contribution in [0, 0.1) is 11.3 Å². The number of nitrogens with one attached hydrogen (secondary N) is 1. The van der Waals surface area contributed by atoms with E-state index in [0.717, 1.165) is 12.5 Å². The van der Waals surface area contributed by atoms with E-state index in [1.807, 2.05) is 11.8 Å². The maximum Gasteiger partial charge on any atom is 0.0499 e. The van der Waals surface area contributed by atoms with Crippen LogP contribution in [0.3, 0.4) is 0 Å². The minimum atomic E-state index is 0.247. The molecule has 0 aliphatic heterocycles. The van der Waals surface area contributed by atoms with Crippen molar-refractivity contribution in [3.63, 3.8) is 0 Å². The molecule has 1 aliphatic carbocycles. The number of hydrogen-bond donors (Lipinski definition) is 2. The first-order chi connectivity index (χ1) is 7.08. The van der Waals surface area contributed by atoms with Crippen molar-refractivity contribution in [2.24, 2.45) is 11.3 Å². The van der Waals surface area contributed by atoms with E-state index in [0.29, 0.717) is 12.6 Å². The van der Waals surface area contributed by atoms with E-state index in [2.05, 4.69) is 26.1 Å². The van der Waals surface area contributed by atoms with Gasteiger partial charge >= 0.3 is 0 Å². The molecule has 3 heteroatoms. The van der Waals surface area contributed by atoms with Crippen LogP contribution in [0.2, 0.25) is 0 Å². The molecule has 1 atom stereocenters. The highest BCUT2D eigenvalue weighted by Crippen LogP contribution is 2.44. The molecule has 1 saturated carbocycles. The van der Waals surface area contributed by atoms with Crippen LogP contribution >= 0.6 is 11.8 Å². The van der Waals surface area contributed by atoms with Crippen LogP contribution in [0.4, 0.5) is 0 Å². The first-order valence-electron chi connectivity index (χ1n) is 6.00. The van der Waals surface area contributed by atoms with Gasteiger partial charge in [0.2, 0.25) is 0 Å². The van der Waals surface area contributed by atoms with Crippen molar-refractivity contribution in [2.75, 3.05) is 24.7 Å². The van der Waals surface area contributed by atoms with Gasteiger partial charge in [0.15, 0.2) is 0 Å². The summed E-state index contributed by atoms with van der Waals surface area (Å²) < 4.78 is 0. The van der Waals surface area contributed by atoms with E-state index in [-0.39, 0.29) is 5.41 Å². The van der Waals surface area contributed by atoms with Gasteiger partial charge in [-0.3, -0.25) is 0 Å². The summed E-state index contributed by atoms with van der Waals surface area (Å²) in [6.45, 7) is 8.10. The van der Waals surface area contributed by atoms with Crippen molar-refractivity contribution in [3.8, 4) is 0 Å². The molecule has 2 nitrogen and oxygen atoms in total.